The van der Waals surface area contributed by atoms with Crippen LogP contribution in [0.4, 0.5) is 4.39 Å². The molecule has 2 N–H and O–H groups in total. The highest BCUT2D eigenvalue weighted by molar-refractivity contribution is 7.89. The first-order valence-corrected chi connectivity index (χ1v) is 8.78. The van der Waals surface area contributed by atoms with Gasteiger partial charge in [0.05, 0.1) is 24.7 Å². The summed E-state index contributed by atoms with van der Waals surface area (Å²) in [7, 11) is -3.82. The third-order valence-corrected chi connectivity index (χ3v) is 4.82. The van der Waals surface area contributed by atoms with Gasteiger partial charge in [0.1, 0.15) is 5.82 Å². The smallest absolute Gasteiger partial charge is 0.241 e. The van der Waals surface area contributed by atoms with Gasteiger partial charge in [-0.3, -0.25) is 9.69 Å². The molecule has 0 saturated carbocycles. The molecule has 128 valence electrons. The summed E-state index contributed by atoms with van der Waals surface area (Å²) >= 11 is 0. The summed E-state index contributed by atoms with van der Waals surface area (Å²) < 4.78 is 44.1. The Morgan fingerprint density at radius 1 is 1.22 bits per heavy atom. The van der Waals surface area contributed by atoms with Gasteiger partial charge < -0.3 is 10.1 Å². The molecule has 0 unspecified atom stereocenters. The van der Waals surface area contributed by atoms with Crippen molar-refractivity contribution in [2.24, 2.45) is 0 Å². The van der Waals surface area contributed by atoms with Crippen LogP contribution in [0.3, 0.4) is 0 Å². The number of halogens is 1. The highest BCUT2D eigenvalue weighted by atomic mass is 32.2. The maximum atomic E-state index is 12.8. The first-order valence-electron chi connectivity index (χ1n) is 7.29. The monoisotopic (exact) mass is 345 g/mol. The Morgan fingerprint density at radius 2 is 1.87 bits per heavy atom. The number of ether oxygens (including phenoxy) is 1. The Morgan fingerprint density at radius 3 is 2.52 bits per heavy atom. The van der Waals surface area contributed by atoms with Crippen LogP contribution in [0.15, 0.2) is 29.2 Å². The number of hydrogen-bond donors (Lipinski definition) is 2. The first kappa shape index (κ1) is 17.8. The summed E-state index contributed by atoms with van der Waals surface area (Å²) in [5.41, 5.74) is 0. The number of morpholine rings is 1. The standard InChI is InChI=1S/C14H20FN3O4S/c15-12-1-3-13(4-2-12)23(20,21)17-11-14(19)16-5-6-18-7-9-22-10-8-18/h1-4,17H,5-11H2,(H,16,19). The lowest BCUT2D eigenvalue weighted by Crippen LogP contribution is -2.43. The number of carbonyl (C=O) groups is 1. The van der Waals surface area contributed by atoms with Crippen molar-refractivity contribution in [3.8, 4) is 0 Å². The van der Waals surface area contributed by atoms with E-state index >= 15 is 0 Å². The molecule has 1 aliphatic rings. The highest BCUT2D eigenvalue weighted by Crippen LogP contribution is 2.08. The van der Waals surface area contributed by atoms with Crippen molar-refractivity contribution in [1.82, 2.24) is 14.9 Å². The molecule has 1 fully saturated rings. The molecule has 0 bridgehead atoms. The van der Waals surface area contributed by atoms with Crippen LogP contribution in [0, 0.1) is 5.82 Å². The largest absolute Gasteiger partial charge is 0.379 e. The lowest BCUT2D eigenvalue weighted by Gasteiger charge is -2.26. The van der Waals surface area contributed by atoms with Crippen molar-refractivity contribution in [2.45, 2.75) is 4.90 Å². The normalized spacial score (nSPS) is 16.2. The lowest BCUT2D eigenvalue weighted by atomic mass is 10.4. The maximum Gasteiger partial charge on any atom is 0.241 e. The second kappa shape index (κ2) is 8.34. The predicted octanol–water partition coefficient (Wildman–Crippen LogP) is -0.448. The van der Waals surface area contributed by atoms with Crippen molar-refractivity contribution in [2.75, 3.05) is 45.9 Å². The van der Waals surface area contributed by atoms with E-state index in [0.717, 1.165) is 37.4 Å². The van der Waals surface area contributed by atoms with Crippen molar-refractivity contribution in [3.05, 3.63) is 30.1 Å². The minimum absolute atomic E-state index is 0.0833. The average molecular weight is 345 g/mol. The fourth-order valence-corrected chi connectivity index (χ4v) is 3.08. The van der Waals surface area contributed by atoms with E-state index in [0.29, 0.717) is 26.3 Å². The predicted molar refractivity (Wildman–Crippen MR) is 81.9 cm³/mol. The summed E-state index contributed by atoms with van der Waals surface area (Å²) in [5.74, 6) is -0.936. The van der Waals surface area contributed by atoms with Gasteiger partial charge in [0.15, 0.2) is 0 Å². The van der Waals surface area contributed by atoms with E-state index < -0.39 is 21.7 Å². The summed E-state index contributed by atoms with van der Waals surface area (Å²) in [4.78, 5) is 13.8. The number of hydrogen-bond acceptors (Lipinski definition) is 5. The van der Waals surface area contributed by atoms with Crippen molar-refractivity contribution < 1.29 is 22.3 Å². The van der Waals surface area contributed by atoms with E-state index in [4.69, 9.17) is 4.74 Å². The van der Waals surface area contributed by atoms with Crippen LogP contribution in [0.5, 0.6) is 0 Å². The van der Waals surface area contributed by atoms with Crippen LogP contribution < -0.4 is 10.0 Å². The van der Waals surface area contributed by atoms with Gasteiger partial charge in [-0.05, 0) is 24.3 Å². The van der Waals surface area contributed by atoms with E-state index in [1.54, 1.807) is 0 Å². The zero-order valence-electron chi connectivity index (χ0n) is 12.6. The van der Waals surface area contributed by atoms with Crippen LogP contribution in [0.1, 0.15) is 0 Å². The van der Waals surface area contributed by atoms with Crippen molar-refractivity contribution in [3.63, 3.8) is 0 Å². The van der Waals surface area contributed by atoms with Crippen molar-refractivity contribution >= 4 is 15.9 Å². The maximum absolute atomic E-state index is 12.8. The minimum Gasteiger partial charge on any atom is -0.379 e. The SMILES string of the molecule is O=C(CNS(=O)(=O)c1ccc(F)cc1)NCCN1CCOCC1. The summed E-state index contributed by atoms with van der Waals surface area (Å²) in [6, 6.07) is 4.40. The van der Waals surface area contributed by atoms with Gasteiger partial charge >= 0.3 is 0 Å². The van der Waals surface area contributed by atoms with Gasteiger partial charge in [-0.2, -0.15) is 0 Å². The molecule has 7 nitrogen and oxygen atoms in total. The van der Waals surface area contributed by atoms with Gasteiger partial charge in [0.2, 0.25) is 15.9 Å². The molecule has 1 aromatic rings. The van der Waals surface area contributed by atoms with Crippen LogP contribution in [0.2, 0.25) is 0 Å². The van der Waals surface area contributed by atoms with Gasteiger partial charge in [-0.15, -0.1) is 0 Å². The zero-order chi connectivity index (χ0) is 16.7. The first-order chi connectivity index (χ1) is 11.0. The Kier molecular flexibility index (Phi) is 6.46. The quantitative estimate of drug-likeness (QED) is 0.699. The summed E-state index contributed by atoms with van der Waals surface area (Å²) in [6.07, 6.45) is 0. The minimum atomic E-state index is -3.82. The Balaban J connectivity index is 1.71. The van der Waals surface area contributed by atoms with Crippen LogP contribution in [0.25, 0.3) is 0 Å². The molecule has 0 atom stereocenters. The number of nitrogens with zero attached hydrogens (tertiary/aromatic N) is 1. The molecule has 1 aliphatic heterocycles. The molecule has 2 rings (SSSR count). The van der Waals surface area contributed by atoms with E-state index in [-0.39, 0.29) is 11.4 Å². The van der Waals surface area contributed by atoms with Gasteiger partial charge in [-0.1, -0.05) is 0 Å². The molecular weight excluding hydrogens is 325 g/mol. The van der Waals surface area contributed by atoms with Crippen LogP contribution in [-0.4, -0.2) is 65.2 Å². The van der Waals surface area contributed by atoms with Gasteiger partial charge in [-0.25, -0.2) is 17.5 Å². The lowest BCUT2D eigenvalue weighted by molar-refractivity contribution is -0.120. The topological polar surface area (TPSA) is 87.7 Å². The van der Waals surface area contributed by atoms with Gasteiger partial charge in [0, 0.05) is 26.2 Å². The third-order valence-electron chi connectivity index (χ3n) is 3.40. The number of benzene rings is 1. The fraction of sp³-hybridized carbons (Fsp3) is 0.500. The Bertz CT molecular complexity index is 615. The second-order valence-electron chi connectivity index (χ2n) is 5.08. The van der Waals surface area contributed by atoms with Crippen LogP contribution in [-0.2, 0) is 19.6 Å². The molecular formula is C14H20FN3O4S. The Labute approximate surface area is 134 Å². The van der Waals surface area contributed by atoms with Crippen LogP contribution >= 0.6 is 0 Å². The molecule has 1 aromatic carbocycles. The molecule has 1 amide bonds. The van der Waals surface area contributed by atoms with E-state index in [9.17, 15) is 17.6 Å². The Hall–Kier alpha value is -1.55. The second-order valence-corrected chi connectivity index (χ2v) is 6.85. The molecule has 1 heterocycles. The van der Waals surface area contributed by atoms with Gasteiger partial charge in [0.25, 0.3) is 0 Å². The fourth-order valence-electron chi connectivity index (χ4n) is 2.10. The van der Waals surface area contributed by atoms with E-state index in [2.05, 4.69) is 14.9 Å². The molecule has 0 radical (unpaired) electrons. The number of sulfonamides is 1. The number of nitrogens with one attached hydrogen (secondary N) is 2. The van der Waals surface area contributed by atoms with E-state index in [1.807, 2.05) is 0 Å². The molecule has 0 aromatic heterocycles. The summed E-state index contributed by atoms with van der Waals surface area (Å²) in [5, 5.41) is 2.65. The van der Waals surface area contributed by atoms with E-state index in [1.165, 1.54) is 0 Å². The number of rotatable bonds is 7. The molecule has 0 aliphatic carbocycles. The molecule has 9 heteroatoms. The molecule has 0 spiro atoms. The number of carbonyl (C=O) groups excluding carboxylic acids is 1. The highest BCUT2D eigenvalue weighted by Gasteiger charge is 2.15. The average Bonchev–Trinajstić information content (AvgIpc) is 2.54. The summed E-state index contributed by atoms with van der Waals surface area (Å²) in [6.45, 7) is 3.80. The molecule has 23 heavy (non-hydrogen) atoms. The van der Waals surface area contributed by atoms with Crippen molar-refractivity contribution in [1.29, 1.82) is 0 Å². The number of amides is 1. The third kappa shape index (κ3) is 5.87. The zero-order valence-corrected chi connectivity index (χ0v) is 13.4. The molecule has 1 saturated heterocycles.